The fraction of sp³-hybridized carbons (Fsp3) is 0.500. The SMILES string of the molecule is CC(C)(C)NC(=O)CN1Cc2ccccc2CCC1=O. The van der Waals surface area contributed by atoms with Crippen LogP contribution in [0.25, 0.3) is 0 Å². The number of carbonyl (C=O) groups excluding carboxylic acids is 2. The zero-order valence-electron chi connectivity index (χ0n) is 12.4. The molecule has 108 valence electrons. The molecule has 0 radical (unpaired) electrons. The first-order valence-corrected chi connectivity index (χ1v) is 7.01. The number of hydrogen-bond acceptors (Lipinski definition) is 2. The van der Waals surface area contributed by atoms with Gasteiger partial charge in [0.2, 0.25) is 11.8 Å². The Balaban J connectivity index is 2.08. The predicted molar refractivity (Wildman–Crippen MR) is 78.1 cm³/mol. The summed E-state index contributed by atoms with van der Waals surface area (Å²) in [6.45, 7) is 6.45. The van der Waals surface area contributed by atoms with Crippen LogP contribution in [0.2, 0.25) is 0 Å². The molecule has 2 amide bonds. The maximum atomic E-state index is 12.1. The minimum absolute atomic E-state index is 0.0465. The summed E-state index contributed by atoms with van der Waals surface area (Å²) < 4.78 is 0. The van der Waals surface area contributed by atoms with Crippen molar-refractivity contribution in [1.29, 1.82) is 0 Å². The van der Waals surface area contributed by atoms with Gasteiger partial charge in [-0.1, -0.05) is 24.3 Å². The van der Waals surface area contributed by atoms with Gasteiger partial charge in [-0.2, -0.15) is 0 Å². The van der Waals surface area contributed by atoms with Crippen molar-refractivity contribution in [1.82, 2.24) is 10.2 Å². The van der Waals surface area contributed by atoms with Gasteiger partial charge in [0.05, 0.1) is 6.54 Å². The van der Waals surface area contributed by atoms with Crippen molar-refractivity contribution in [2.24, 2.45) is 0 Å². The van der Waals surface area contributed by atoms with Crippen LogP contribution in [-0.2, 0) is 22.6 Å². The molecule has 1 heterocycles. The molecule has 1 aromatic carbocycles. The number of aryl methyl sites for hydroxylation is 1. The third kappa shape index (κ3) is 3.83. The highest BCUT2D eigenvalue weighted by Crippen LogP contribution is 2.19. The quantitative estimate of drug-likeness (QED) is 0.895. The summed E-state index contributed by atoms with van der Waals surface area (Å²) in [7, 11) is 0. The van der Waals surface area contributed by atoms with E-state index in [0.717, 1.165) is 12.0 Å². The molecule has 0 fully saturated rings. The largest absolute Gasteiger partial charge is 0.350 e. The zero-order valence-corrected chi connectivity index (χ0v) is 12.4. The third-order valence-electron chi connectivity index (χ3n) is 3.29. The van der Waals surface area contributed by atoms with Gasteiger partial charge in [-0.3, -0.25) is 9.59 Å². The summed E-state index contributed by atoms with van der Waals surface area (Å²) in [5.41, 5.74) is 2.07. The standard InChI is InChI=1S/C16H22N2O2/c1-16(2,3)17-14(19)11-18-10-13-7-5-4-6-12(13)8-9-15(18)20/h4-7H,8-11H2,1-3H3,(H,17,19). The second-order valence-electron chi connectivity index (χ2n) is 6.32. The summed E-state index contributed by atoms with van der Waals surface area (Å²) in [4.78, 5) is 25.8. The van der Waals surface area contributed by atoms with Crippen LogP contribution in [0.15, 0.2) is 24.3 Å². The molecule has 0 spiro atoms. The minimum atomic E-state index is -0.274. The maximum absolute atomic E-state index is 12.1. The lowest BCUT2D eigenvalue weighted by Gasteiger charge is -2.25. The highest BCUT2D eigenvalue weighted by atomic mass is 16.2. The predicted octanol–water partition coefficient (Wildman–Crippen LogP) is 1.88. The lowest BCUT2D eigenvalue weighted by atomic mass is 10.0. The van der Waals surface area contributed by atoms with Gasteiger partial charge in [0, 0.05) is 18.5 Å². The molecule has 1 N–H and O–H groups in total. The van der Waals surface area contributed by atoms with Crippen LogP contribution < -0.4 is 5.32 Å². The molecule has 20 heavy (non-hydrogen) atoms. The smallest absolute Gasteiger partial charge is 0.240 e. The van der Waals surface area contributed by atoms with Crippen molar-refractivity contribution in [3.8, 4) is 0 Å². The van der Waals surface area contributed by atoms with Crippen LogP contribution in [0.1, 0.15) is 38.3 Å². The van der Waals surface area contributed by atoms with E-state index >= 15 is 0 Å². The van der Waals surface area contributed by atoms with Crippen molar-refractivity contribution in [3.63, 3.8) is 0 Å². The average molecular weight is 274 g/mol. The van der Waals surface area contributed by atoms with Gasteiger partial charge in [0.15, 0.2) is 0 Å². The van der Waals surface area contributed by atoms with Crippen LogP contribution in [0.3, 0.4) is 0 Å². The number of amides is 2. The van der Waals surface area contributed by atoms with Gasteiger partial charge in [-0.15, -0.1) is 0 Å². The van der Waals surface area contributed by atoms with Crippen LogP contribution in [0, 0.1) is 0 Å². The van der Waals surface area contributed by atoms with E-state index in [4.69, 9.17) is 0 Å². The Morgan fingerprint density at radius 1 is 1.20 bits per heavy atom. The van der Waals surface area contributed by atoms with Gasteiger partial charge in [0.1, 0.15) is 0 Å². The van der Waals surface area contributed by atoms with E-state index in [1.54, 1.807) is 4.90 Å². The number of rotatable bonds is 2. The fourth-order valence-electron chi connectivity index (χ4n) is 2.42. The molecule has 0 aromatic heterocycles. The molecule has 0 aliphatic carbocycles. The van der Waals surface area contributed by atoms with Gasteiger partial charge >= 0.3 is 0 Å². The molecular weight excluding hydrogens is 252 g/mol. The number of nitrogens with one attached hydrogen (secondary N) is 1. The second-order valence-corrected chi connectivity index (χ2v) is 6.32. The highest BCUT2D eigenvalue weighted by molar-refractivity contribution is 5.85. The average Bonchev–Trinajstić information content (AvgIpc) is 2.48. The Labute approximate surface area is 120 Å². The maximum Gasteiger partial charge on any atom is 0.240 e. The first-order chi connectivity index (χ1) is 9.35. The van der Waals surface area contributed by atoms with Crippen molar-refractivity contribution >= 4 is 11.8 Å². The first kappa shape index (κ1) is 14.6. The third-order valence-corrected chi connectivity index (χ3v) is 3.29. The Kier molecular flexibility index (Phi) is 4.12. The van der Waals surface area contributed by atoms with Crippen molar-refractivity contribution in [2.75, 3.05) is 6.54 Å². The minimum Gasteiger partial charge on any atom is -0.350 e. The molecule has 1 aliphatic heterocycles. The van der Waals surface area contributed by atoms with Gasteiger partial charge in [-0.25, -0.2) is 0 Å². The van der Waals surface area contributed by atoms with Gasteiger partial charge < -0.3 is 10.2 Å². The van der Waals surface area contributed by atoms with E-state index < -0.39 is 0 Å². The van der Waals surface area contributed by atoms with Crippen LogP contribution in [0.4, 0.5) is 0 Å². The topological polar surface area (TPSA) is 49.4 Å². The lowest BCUT2D eigenvalue weighted by molar-refractivity contribution is -0.136. The van der Waals surface area contributed by atoms with Crippen molar-refractivity contribution in [2.45, 2.75) is 45.7 Å². The Morgan fingerprint density at radius 3 is 2.50 bits per heavy atom. The van der Waals surface area contributed by atoms with E-state index in [1.165, 1.54) is 5.56 Å². The second kappa shape index (κ2) is 5.65. The van der Waals surface area contributed by atoms with Gasteiger partial charge in [0.25, 0.3) is 0 Å². The Bertz CT molecular complexity index is 517. The van der Waals surface area contributed by atoms with Crippen LogP contribution in [0.5, 0.6) is 0 Å². The number of nitrogens with zero attached hydrogens (tertiary/aromatic N) is 1. The lowest BCUT2D eigenvalue weighted by Crippen LogP contribution is -2.46. The van der Waals surface area contributed by atoms with E-state index in [-0.39, 0.29) is 23.9 Å². The summed E-state index contributed by atoms with van der Waals surface area (Å²) in [6.07, 6.45) is 1.23. The summed E-state index contributed by atoms with van der Waals surface area (Å²) in [5, 5.41) is 2.90. The summed E-state index contributed by atoms with van der Waals surface area (Å²) in [5.74, 6) is -0.0597. The van der Waals surface area contributed by atoms with E-state index in [2.05, 4.69) is 11.4 Å². The molecule has 0 saturated carbocycles. The number of hydrogen-bond donors (Lipinski definition) is 1. The van der Waals surface area contributed by atoms with Crippen molar-refractivity contribution < 1.29 is 9.59 Å². The normalized spacial score (nSPS) is 15.6. The van der Waals surface area contributed by atoms with E-state index in [9.17, 15) is 9.59 Å². The Morgan fingerprint density at radius 2 is 1.85 bits per heavy atom. The number of carbonyl (C=O) groups is 2. The Hall–Kier alpha value is -1.84. The van der Waals surface area contributed by atoms with E-state index in [0.29, 0.717) is 13.0 Å². The monoisotopic (exact) mass is 274 g/mol. The molecule has 4 heteroatoms. The molecule has 0 unspecified atom stereocenters. The summed E-state index contributed by atoms with van der Waals surface area (Å²) >= 11 is 0. The van der Waals surface area contributed by atoms with Gasteiger partial charge in [-0.05, 0) is 38.3 Å². The fourth-order valence-corrected chi connectivity index (χ4v) is 2.42. The van der Waals surface area contributed by atoms with Crippen LogP contribution in [-0.4, -0.2) is 28.8 Å². The van der Waals surface area contributed by atoms with E-state index in [1.807, 2.05) is 39.0 Å². The first-order valence-electron chi connectivity index (χ1n) is 7.01. The molecule has 2 rings (SSSR count). The molecule has 4 nitrogen and oxygen atoms in total. The zero-order chi connectivity index (χ0) is 14.8. The molecule has 0 bridgehead atoms. The number of fused-ring (bicyclic) bond motifs is 1. The summed E-state index contributed by atoms with van der Waals surface area (Å²) in [6, 6.07) is 8.05. The van der Waals surface area contributed by atoms with Crippen LogP contribution >= 0.6 is 0 Å². The highest BCUT2D eigenvalue weighted by Gasteiger charge is 2.23. The molecule has 0 atom stereocenters. The molecule has 1 aromatic rings. The molecular formula is C16H22N2O2. The molecule has 0 saturated heterocycles. The molecule has 1 aliphatic rings. The van der Waals surface area contributed by atoms with Crippen molar-refractivity contribution in [3.05, 3.63) is 35.4 Å². The number of benzene rings is 1.